The third kappa shape index (κ3) is 5.77. The largest absolute Gasteiger partial charge is 0.361 e. The molecule has 1 fully saturated rings. The predicted molar refractivity (Wildman–Crippen MR) is 134 cm³/mol. The van der Waals surface area contributed by atoms with E-state index in [-0.39, 0.29) is 30.0 Å². The summed E-state index contributed by atoms with van der Waals surface area (Å²) in [5.74, 6) is -0.415. The van der Waals surface area contributed by atoms with Crippen molar-refractivity contribution in [1.29, 1.82) is 0 Å². The molecule has 1 aliphatic heterocycles. The van der Waals surface area contributed by atoms with Crippen molar-refractivity contribution < 1.29 is 14.0 Å². The Labute approximate surface area is 205 Å². The number of likely N-dealkylation sites (tertiary alicyclic amines) is 1. The quantitative estimate of drug-likeness (QED) is 0.493. The van der Waals surface area contributed by atoms with Gasteiger partial charge < -0.3 is 20.9 Å². The van der Waals surface area contributed by atoms with Crippen molar-refractivity contribution in [3.05, 3.63) is 71.7 Å². The number of amides is 2. The molecule has 0 saturated carbocycles. The van der Waals surface area contributed by atoms with Gasteiger partial charge in [0.2, 0.25) is 11.8 Å². The van der Waals surface area contributed by atoms with E-state index in [4.69, 9.17) is 5.73 Å². The molecule has 0 aliphatic carbocycles. The SMILES string of the molecule is CC(C)(N)C(=O)NC(Cc1c[nH]c2ccccc12)C(=O)N1CCC(c2ccc(F)cc2)CC1.Cl. The van der Waals surface area contributed by atoms with Gasteiger partial charge in [-0.1, -0.05) is 30.3 Å². The van der Waals surface area contributed by atoms with Crippen LogP contribution in [0.3, 0.4) is 0 Å². The van der Waals surface area contributed by atoms with Crippen LogP contribution in [0.1, 0.15) is 43.7 Å². The molecule has 1 unspecified atom stereocenters. The lowest BCUT2D eigenvalue weighted by atomic mass is 9.89. The standard InChI is InChI=1S/C26H31FN4O2.ClH/c1-26(2,28)25(33)30-23(15-19-16-29-22-6-4-3-5-21(19)22)24(32)31-13-11-18(12-14-31)17-7-9-20(27)10-8-17;/h3-10,16,18,23,29H,11-15,28H2,1-2H3,(H,30,33);1H. The second-order valence-electron chi connectivity index (χ2n) is 9.46. The zero-order valence-electron chi connectivity index (χ0n) is 19.5. The van der Waals surface area contributed by atoms with Crippen LogP contribution in [0, 0.1) is 5.82 Å². The number of fused-ring (bicyclic) bond motifs is 1. The molecule has 1 atom stereocenters. The maximum absolute atomic E-state index is 13.5. The molecular formula is C26H32ClFN4O2. The van der Waals surface area contributed by atoms with Gasteiger partial charge in [0.05, 0.1) is 5.54 Å². The number of para-hydroxylation sites is 1. The van der Waals surface area contributed by atoms with E-state index in [2.05, 4.69) is 10.3 Å². The van der Waals surface area contributed by atoms with Gasteiger partial charge in [-0.05, 0) is 61.9 Å². The topological polar surface area (TPSA) is 91.2 Å². The molecule has 6 nitrogen and oxygen atoms in total. The van der Waals surface area contributed by atoms with Gasteiger partial charge in [0, 0.05) is 36.6 Å². The van der Waals surface area contributed by atoms with Crippen molar-refractivity contribution >= 4 is 35.1 Å². The van der Waals surface area contributed by atoms with Gasteiger partial charge in [-0.2, -0.15) is 0 Å². The lowest BCUT2D eigenvalue weighted by Crippen LogP contribution is -2.57. The number of aromatic amines is 1. The normalized spacial score (nSPS) is 15.6. The summed E-state index contributed by atoms with van der Waals surface area (Å²) in [5.41, 5.74) is 7.96. The minimum absolute atomic E-state index is 0. The van der Waals surface area contributed by atoms with E-state index in [1.54, 1.807) is 13.8 Å². The number of hydrogen-bond acceptors (Lipinski definition) is 3. The summed E-state index contributed by atoms with van der Waals surface area (Å²) in [6.07, 6.45) is 3.87. The molecule has 0 radical (unpaired) electrons. The molecule has 34 heavy (non-hydrogen) atoms. The molecule has 2 aromatic carbocycles. The highest BCUT2D eigenvalue weighted by Crippen LogP contribution is 2.29. The van der Waals surface area contributed by atoms with Gasteiger partial charge >= 0.3 is 0 Å². The number of nitrogens with two attached hydrogens (primary N) is 1. The number of piperidine rings is 1. The second kappa shape index (κ2) is 10.6. The van der Waals surface area contributed by atoms with Crippen LogP contribution in [0.5, 0.6) is 0 Å². The molecule has 4 N–H and O–H groups in total. The molecule has 1 aliphatic rings. The molecule has 1 saturated heterocycles. The Morgan fingerprint density at radius 2 is 1.79 bits per heavy atom. The number of aromatic nitrogens is 1. The second-order valence-corrected chi connectivity index (χ2v) is 9.46. The third-order valence-electron chi connectivity index (χ3n) is 6.44. The van der Waals surface area contributed by atoms with E-state index in [0.29, 0.717) is 25.4 Å². The van der Waals surface area contributed by atoms with Gasteiger partial charge in [-0.25, -0.2) is 4.39 Å². The number of H-pyrrole nitrogens is 1. The minimum Gasteiger partial charge on any atom is -0.361 e. The van der Waals surface area contributed by atoms with Crippen LogP contribution in [-0.4, -0.2) is 46.4 Å². The maximum atomic E-state index is 13.5. The van der Waals surface area contributed by atoms with Crippen LogP contribution in [-0.2, 0) is 16.0 Å². The number of nitrogens with one attached hydrogen (secondary N) is 2. The monoisotopic (exact) mass is 486 g/mol. The summed E-state index contributed by atoms with van der Waals surface area (Å²) >= 11 is 0. The van der Waals surface area contributed by atoms with Crippen LogP contribution < -0.4 is 11.1 Å². The fourth-order valence-electron chi connectivity index (χ4n) is 4.45. The van der Waals surface area contributed by atoms with Gasteiger partial charge in [0.25, 0.3) is 0 Å². The molecule has 0 spiro atoms. The summed E-state index contributed by atoms with van der Waals surface area (Å²) in [6.45, 7) is 4.44. The van der Waals surface area contributed by atoms with Crippen LogP contribution in [0.4, 0.5) is 4.39 Å². The molecule has 2 heterocycles. The number of nitrogens with zero attached hydrogens (tertiary/aromatic N) is 1. The van der Waals surface area contributed by atoms with Crippen LogP contribution in [0.15, 0.2) is 54.7 Å². The molecule has 2 amide bonds. The Balaban J connectivity index is 0.00000324. The van der Waals surface area contributed by atoms with Gasteiger partial charge in [-0.15, -0.1) is 12.4 Å². The summed E-state index contributed by atoms with van der Waals surface area (Å²) in [6, 6.07) is 13.8. The number of halogens is 2. The summed E-state index contributed by atoms with van der Waals surface area (Å²) in [4.78, 5) is 31.3. The predicted octanol–water partition coefficient (Wildman–Crippen LogP) is 3.90. The number of rotatable bonds is 6. The van der Waals surface area contributed by atoms with Crippen molar-refractivity contribution in [3.8, 4) is 0 Å². The highest BCUT2D eigenvalue weighted by molar-refractivity contribution is 5.92. The number of benzene rings is 2. The van der Waals surface area contributed by atoms with Crippen molar-refractivity contribution in [2.24, 2.45) is 5.73 Å². The Morgan fingerprint density at radius 3 is 2.44 bits per heavy atom. The number of hydrogen-bond donors (Lipinski definition) is 3. The van der Waals surface area contributed by atoms with Crippen molar-refractivity contribution in [2.45, 2.75) is 50.6 Å². The first-order valence-electron chi connectivity index (χ1n) is 11.4. The highest BCUT2D eigenvalue weighted by atomic mass is 35.5. The number of carbonyl (C=O) groups is 2. The minimum atomic E-state index is -1.09. The molecule has 182 valence electrons. The fourth-order valence-corrected chi connectivity index (χ4v) is 4.45. The summed E-state index contributed by atoms with van der Waals surface area (Å²) in [5, 5.41) is 3.93. The Kier molecular flexibility index (Phi) is 8.00. The van der Waals surface area contributed by atoms with Gasteiger partial charge in [0.1, 0.15) is 11.9 Å². The first-order chi connectivity index (χ1) is 15.7. The van der Waals surface area contributed by atoms with E-state index in [1.165, 1.54) is 12.1 Å². The first-order valence-corrected chi connectivity index (χ1v) is 11.4. The van der Waals surface area contributed by atoms with Gasteiger partial charge in [-0.3, -0.25) is 9.59 Å². The van der Waals surface area contributed by atoms with Crippen LogP contribution >= 0.6 is 12.4 Å². The Morgan fingerprint density at radius 1 is 1.15 bits per heavy atom. The first kappa shape index (κ1) is 25.7. The fraction of sp³-hybridized carbons (Fsp3) is 0.385. The highest BCUT2D eigenvalue weighted by Gasteiger charge is 2.33. The van der Waals surface area contributed by atoms with E-state index in [1.807, 2.05) is 47.5 Å². The zero-order valence-corrected chi connectivity index (χ0v) is 20.3. The van der Waals surface area contributed by atoms with Crippen molar-refractivity contribution in [1.82, 2.24) is 15.2 Å². The van der Waals surface area contributed by atoms with Crippen LogP contribution in [0.25, 0.3) is 10.9 Å². The van der Waals surface area contributed by atoms with E-state index in [0.717, 1.165) is 34.9 Å². The maximum Gasteiger partial charge on any atom is 0.245 e. The average Bonchev–Trinajstić information content (AvgIpc) is 3.21. The molecule has 4 rings (SSSR count). The van der Waals surface area contributed by atoms with Crippen molar-refractivity contribution in [2.75, 3.05) is 13.1 Å². The van der Waals surface area contributed by atoms with Gasteiger partial charge in [0.15, 0.2) is 0 Å². The third-order valence-corrected chi connectivity index (χ3v) is 6.44. The van der Waals surface area contributed by atoms with E-state index < -0.39 is 11.6 Å². The van der Waals surface area contributed by atoms with E-state index >= 15 is 0 Å². The Bertz CT molecular complexity index is 1130. The van der Waals surface area contributed by atoms with Crippen LogP contribution in [0.2, 0.25) is 0 Å². The lowest BCUT2D eigenvalue weighted by Gasteiger charge is -2.35. The molecule has 0 bridgehead atoms. The number of carbonyl (C=O) groups excluding carboxylic acids is 2. The Hall–Kier alpha value is -2.90. The zero-order chi connectivity index (χ0) is 23.6. The van der Waals surface area contributed by atoms with E-state index in [9.17, 15) is 14.0 Å². The smallest absolute Gasteiger partial charge is 0.245 e. The van der Waals surface area contributed by atoms with Crippen molar-refractivity contribution in [3.63, 3.8) is 0 Å². The molecule has 3 aromatic rings. The molecular weight excluding hydrogens is 455 g/mol. The summed E-state index contributed by atoms with van der Waals surface area (Å²) < 4.78 is 13.3. The molecule has 1 aromatic heterocycles. The lowest BCUT2D eigenvalue weighted by molar-refractivity contribution is -0.138. The molecule has 8 heteroatoms. The average molecular weight is 487 g/mol. The summed E-state index contributed by atoms with van der Waals surface area (Å²) in [7, 11) is 0.